The van der Waals surface area contributed by atoms with E-state index < -0.39 is 20.0 Å². The fraction of sp³-hybridized carbons (Fsp3) is 0.480. The Labute approximate surface area is 197 Å². The van der Waals surface area contributed by atoms with E-state index in [1.54, 1.807) is 25.6 Å². The summed E-state index contributed by atoms with van der Waals surface area (Å²) in [6.07, 6.45) is 3.06. The molecule has 0 radical (unpaired) electrons. The van der Waals surface area contributed by atoms with Crippen molar-refractivity contribution in [2.45, 2.75) is 70.5 Å². The minimum absolute atomic E-state index is 0.00306. The zero-order valence-electron chi connectivity index (χ0n) is 20.8. The Morgan fingerprint density at radius 3 is 2.58 bits per heavy atom. The number of hydrogen-bond donors (Lipinski definition) is 1. The molecule has 0 bridgehead atoms. The molecule has 0 unspecified atom stereocenters. The van der Waals surface area contributed by atoms with Crippen LogP contribution in [0.25, 0.3) is 0 Å². The fourth-order valence-electron chi connectivity index (χ4n) is 3.56. The number of rotatable bonds is 5. The van der Waals surface area contributed by atoms with Crippen molar-refractivity contribution in [3.63, 3.8) is 0 Å². The fourth-order valence-corrected chi connectivity index (χ4v) is 4.96. The molecule has 176 valence electrons. The van der Waals surface area contributed by atoms with Crippen molar-refractivity contribution in [2.24, 2.45) is 4.99 Å². The second-order valence-corrected chi connectivity index (χ2v) is 15.1. The monoisotopic (exact) mass is 466 g/mol. The van der Waals surface area contributed by atoms with Crippen LogP contribution in [0.1, 0.15) is 57.4 Å². The summed E-state index contributed by atoms with van der Waals surface area (Å²) in [5.74, 6) is 1.23. The maximum Gasteiger partial charge on any atom is 0.192 e. The van der Waals surface area contributed by atoms with Crippen molar-refractivity contribution in [2.75, 3.05) is 7.11 Å². The second kappa shape index (κ2) is 9.25. The van der Waals surface area contributed by atoms with E-state index in [2.05, 4.69) is 50.4 Å². The molecule has 1 aliphatic heterocycles. The van der Waals surface area contributed by atoms with E-state index in [-0.39, 0.29) is 11.1 Å². The number of aromatic nitrogens is 1. The zero-order chi connectivity index (χ0) is 24.4. The van der Waals surface area contributed by atoms with Crippen LogP contribution in [0.4, 0.5) is 0 Å². The van der Waals surface area contributed by atoms with Crippen LogP contribution in [0.5, 0.6) is 5.75 Å². The van der Waals surface area contributed by atoms with Crippen LogP contribution in [0.15, 0.2) is 47.7 Å². The molecule has 33 heavy (non-hydrogen) atoms. The van der Waals surface area contributed by atoms with Crippen molar-refractivity contribution in [1.82, 2.24) is 10.5 Å². The van der Waals surface area contributed by atoms with Gasteiger partial charge in [-0.1, -0.05) is 20.8 Å². The number of nitrogens with zero attached hydrogens (tertiary/aromatic N) is 3. The van der Waals surface area contributed by atoms with Crippen molar-refractivity contribution >= 4 is 14.2 Å². The summed E-state index contributed by atoms with van der Waals surface area (Å²) in [5.41, 5.74) is 4.40. The van der Waals surface area contributed by atoms with Crippen LogP contribution in [-0.2, 0) is 9.26 Å². The highest BCUT2D eigenvalue weighted by Crippen LogP contribution is 2.47. The van der Waals surface area contributed by atoms with Gasteiger partial charge in [-0.25, -0.2) is 5.48 Å². The van der Waals surface area contributed by atoms with Crippen molar-refractivity contribution in [3.8, 4) is 11.8 Å². The molecule has 0 saturated heterocycles. The first kappa shape index (κ1) is 24.9. The summed E-state index contributed by atoms with van der Waals surface area (Å²) in [6.45, 7) is 15.1. The van der Waals surface area contributed by atoms with Crippen molar-refractivity contribution < 1.29 is 14.0 Å². The van der Waals surface area contributed by atoms with E-state index in [0.29, 0.717) is 17.1 Å². The number of hydroxylamine groups is 1. The smallest absolute Gasteiger partial charge is 0.192 e. The van der Waals surface area contributed by atoms with Gasteiger partial charge in [-0.3, -0.25) is 14.8 Å². The van der Waals surface area contributed by atoms with Crippen LogP contribution in [0, 0.1) is 11.3 Å². The highest BCUT2D eigenvalue weighted by molar-refractivity contribution is 6.74. The van der Waals surface area contributed by atoms with Gasteiger partial charge in [-0.2, -0.15) is 5.26 Å². The number of nitriles is 1. The van der Waals surface area contributed by atoms with E-state index in [0.717, 1.165) is 11.1 Å². The average molecular weight is 467 g/mol. The van der Waals surface area contributed by atoms with E-state index in [1.165, 1.54) is 0 Å². The lowest BCUT2D eigenvalue weighted by Crippen LogP contribution is -2.56. The SMILES string of the molecule is CONC(=N[C@H]1c2cc(C#N)ccc2OC(C)(C)[C@@H]1O[Si](C)(C)C(C)(C)C)c1cccnc1. The van der Waals surface area contributed by atoms with E-state index in [4.69, 9.17) is 19.0 Å². The molecule has 1 aromatic heterocycles. The predicted molar refractivity (Wildman–Crippen MR) is 132 cm³/mol. The number of amidine groups is 1. The number of nitrogens with one attached hydrogen (secondary N) is 1. The van der Waals surface area contributed by atoms with Gasteiger partial charge < -0.3 is 9.16 Å². The van der Waals surface area contributed by atoms with Gasteiger partial charge in [0.15, 0.2) is 14.2 Å². The first-order chi connectivity index (χ1) is 15.4. The van der Waals surface area contributed by atoms with Gasteiger partial charge in [0.2, 0.25) is 0 Å². The van der Waals surface area contributed by atoms with Gasteiger partial charge in [0.1, 0.15) is 23.5 Å². The van der Waals surface area contributed by atoms with Gasteiger partial charge in [-0.05, 0) is 62.3 Å². The molecule has 2 atom stereocenters. The maximum atomic E-state index is 9.54. The summed E-state index contributed by atoms with van der Waals surface area (Å²) < 4.78 is 13.4. The zero-order valence-corrected chi connectivity index (χ0v) is 21.8. The highest BCUT2D eigenvalue weighted by atomic mass is 28.4. The Bertz CT molecular complexity index is 1060. The first-order valence-corrected chi connectivity index (χ1v) is 14.0. The van der Waals surface area contributed by atoms with Crippen LogP contribution in [0.3, 0.4) is 0 Å². The molecule has 2 aromatic rings. The van der Waals surface area contributed by atoms with E-state index >= 15 is 0 Å². The summed E-state index contributed by atoms with van der Waals surface area (Å²) in [4.78, 5) is 14.6. The third kappa shape index (κ3) is 5.27. The molecule has 0 spiro atoms. The standard InChI is InChI=1S/C25H34N4O3Si/c1-24(2,3)33(7,8)32-22-21(28-23(29-30-6)18-10-9-13-27-16-18)19-14-17(15-26)11-12-20(19)31-25(22,4)5/h9-14,16,21-22H,1-8H3,(H,28,29)/t21-,22+/m0/s1. The topological polar surface area (TPSA) is 88.8 Å². The first-order valence-electron chi connectivity index (χ1n) is 11.1. The molecule has 7 nitrogen and oxygen atoms in total. The molecule has 0 amide bonds. The van der Waals surface area contributed by atoms with Gasteiger partial charge in [0.05, 0.1) is 18.7 Å². The Kier molecular flexibility index (Phi) is 6.98. The molecule has 1 aliphatic rings. The quantitative estimate of drug-likeness (QED) is 0.284. The van der Waals surface area contributed by atoms with Crippen molar-refractivity contribution in [3.05, 3.63) is 59.4 Å². The maximum absolute atomic E-state index is 9.54. The molecule has 0 fully saturated rings. The number of pyridine rings is 1. The van der Waals surface area contributed by atoms with Gasteiger partial charge in [-0.15, -0.1) is 0 Å². The normalized spacial score (nSPS) is 20.4. The van der Waals surface area contributed by atoms with Crippen LogP contribution >= 0.6 is 0 Å². The number of fused-ring (bicyclic) bond motifs is 1. The van der Waals surface area contributed by atoms with E-state index in [1.807, 2.05) is 38.1 Å². The number of aliphatic imine (C=N–C) groups is 1. The minimum Gasteiger partial charge on any atom is -0.485 e. The van der Waals surface area contributed by atoms with Gasteiger partial charge in [0.25, 0.3) is 0 Å². The van der Waals surface area contributed by atoms with Gasteiger partial charge >= 0.3 is 0 Å². The molecule has 8 heteroatoms. The molecular weight excluding hydrogens is 432 g/mol. The Morgan fingerprint density at radius 2 is 2.00 bits per heavy atom. The summed E-state index contributed by atoms with van der Waals surface area (Å²) in [6, 6.07) is 11.0. The van der Waals surface area contributed by atoms with Crippen LogP contribution in [0.2, 0.25) is 18.1 Å². The Hall–Kier alpha value is -2.73. The predicted octanol–water partition coefficient (Wildman–Crippen LogP) is 5.15. The second-order valence-electron chi connectivity index (χ2n) is 10.3. The number of benzene rings is 1. The third-order valence-corrected chi connectivity index (χ3v) is 10.9. The summed E-state index contributed by atoms with van der Waals surface area (Å²) >= 11 is 0. The Morgan fingerprint density at radius 1 is 1.27 bits per heavy atom. The molecule has 2 heterocycles. The molecule has 0 saturated carbocycles. The van der Waals surface area contributed by atoms with Crippen LogP contribution in [-0.4, -0.2) is 38.0 Å². The molecular formula is C25H34N4O3Si. The molecule has 1 aromatic carbocycles. The number of ether oxygens (including phenoxy) is 1. The van der Waals surface area contributed by atoms with Crippen LogP contribution < -0.4 is 10.2 Å². The molecule has 3 rings (SSSR count). The third-order valence-electron chi connectivity index (χ3n) is 6.43. The van der Waals surface area contributed by atoms with Gasteiger partial charge in [0, 0.05) is 23.5 Å². The molecule has 0 aliphatic carbocycles. The Balaban J connectivity index is 2.22. The van der Waals surface area contributed by atoms with Crippen molar-refractivity contribution in [1.29, 1.82) is 5.26 Å². The largest absolute Gasteiger partial charge is 0.485 e. The summed E-state index contributed by atoms with van der Waals surface area (Å²) in [7, 11) is -0.646. The lowest BCUT2D eigenvalue weighted by atomic mass is 9.86. The lowest BCUT2D eigenvalue weighted by molar-refractivity contribution is -0.0491. The highest BCUT2D eigenvalue weighted by Gasteiger charge is 2.50. The average Bonchev–Trinajstić information content (AvgIpc) is 2.74. The lowest BCUT2D eigenvalue weighted by Gasteiger charge is -2.48. The van der Waals surface area contributed by atoms with E-state index in [9.17, 15) is 5.26 Å². The number of hydrogen-bond acceptors (Lipinski definition) is 6. The molecule has 1 N–H and O–H groups in total. The summed E-state index contributed by atoms with van der Waals surface area (Å²) in [5, 5.41) is 9.54. The minimum atomic E-state index is -2.19.